The van der Waals surface area contributed by atoms with Gasteiger partial charge in [0.25, 0.3) is 0 Å². The van der Waals surface area contributed by atoms with Crippen LogP contribution in [0, 0.1) is 0 Å². The van der Waals surface area contributed by atoms with Gasteiger partial charge in [-0.2, -0.15) is 0 Å². The Morgan fingerprint density at radius 3 is 2.28 bits per heavy atom. The van der Waals surface area contributed by atoms with Crippen LogP contribution in [0.3, 0.4) is 0 Å². The molecule has 0 spiro atoms. The minimum atomic E-state index is 0.381. The van der Waals surface area contributed by atoms with Gasteiger partial charge in [0.1, 0.15) is 0 Å². The van der Waals surface area contributed by atoms with Gasteiger partial charge in [0.05, 0.1) is 0 Å². The molecule has 100 valence electrons. The molecule has 0 unspecified atom stereocenters. The fourth-order valence-electron chi connectivity index (χ4n) is 2.12. The highest BCUT2D eigenvalue weighted by molar-refractivity contribution is 9.10. The zero-order valence-corrected chi connectivity index (χ0v) is 12.2. The quantitative estimate of drug-likeness (QED) is 0.337. The van der Waals surface area contributed by atoms with Crippen LogP contribution in [-0.2, 0) is 10.2 Å². The van der Waals surface area contributed by atoms with Gasteiger partial charge in [-0.3, -0.25) is 10.2 Å². The Balaban J connectivity index is 0.000000357. The third kappa shape index (κ3) is 4.40. The molecule has 1 saturated heterocycles. The zero-order chi connectivity index (χ0) is 13.4. The molecule has 1 heterocycles. The van der Waals surface area contributed by atoms with E-state index in [1.165, 1.54) is 22.9 Å². The third-order valence-corrected chi connectivity index (χ3v) is 3.84. The number of carbonyl (C=O) groups is 1. The number of benzene rings is 1. The van der Waals surface area contributed by atoms with Crippen molar-refractivity contribution in [1.82, 2.24) is 10.7 Å². The average molecular weight is 314 g/mol. The van der Waals surface area contributed by atoms with Gasteiger partial charge < -0.3 is 5.32 Å². The Labute approximate surface area is 116 Å². The van der Waals surface area contributed by atoms with Crippen LogP contribution >= 0.6 is 15.9 Å². The molecule has 4 N–H and O–H groups in total. The largest absolute Gasteiger partial charge is 0.317 e. The molecular weight excluding hydrogens is 294 g/mol. The summed E-state index contributed by atoms with van der Waals surface area (Å²) in [4.78, 5) is 8.94. The number of hydrazine groups is 1. The van der Waals surface area contributed by atoms with Crippen molar-refractivity contribution in [3.05, 3.63) is 34.3 Å². The highest BCUT2D eigenvalue weighted by atomic mass is 79.9. The van der Waals surface area contributed by atoms with Gasteiger partial charge in [-0.15, -0.1) is 0 Å². The molecule has 1 amide bonds. The van der Waals surface area contributed by atoms with E-state index in [0.29, 0.717) is 11.8 Å². The lowest BCUT2D eigenvalue weighted by Crippen LogP contribution is -2.37. The van der Waals surface area contributed by atoms with E-state index in [9.17, 15) is 0 Å². The summed E-state index contributed by atoms with van der Waals surface area (Å²) in [5, 5.41) is 3.41. The Kier molecular flexibility index (Phi) is 6.32. The SMILES string of the molecule is CC1(c2ccc(Br)cc2)CCNCC1.NNC=O. The fourth-order valence-corrected chi connectivity index (χ4v) is 2.38. The molecule has 0 saturated carbocycles. The molecule has 18 heavy (non-hydrogen) atoms. The Bertz CT molecular complexity index is 361. The summed E-state index contributed by atoms with van der Waals surface area (Å²) in [6, 6.07) is 8.77. The molecular formula is C13H20BrN3O. The predicted molar refractivity (Wildman–Crippen MR) is 77.0 cm³/mol. The second-order valence-corrected chi connectivity index (χ2v) is 5.52. The van der Waals surface area contributed by atoms with Crippen LogP contribution in [0.2, 0.25) is 0 Å². The number of hydrogen-bond donors (Lipinski definition) is 3. The Morgan fingerprint density at radius 2 is 1.83 bits per heavy atom. The number of piperidine rings is 1. The van der Waals surface area contributed by atoms with Gasteiger partial charge in [-0.25, -0.2) is 5.84 Å². The maximum absolute atomic E-state index is 8.94. The summed E-state index contributed by atoms with van der Waals surface area (Å²) < 4.78 is 1.17. The van der Waals surface area contributed by atoms with E-state index in [4.69, 9.17) is 4.79 Å². The lowest BCUT2D eigenvalue weighted by molar-refractivity contribution is -0.109. The number of nitrogens with one attached hydrogen (secondary N) is 2. The van der Waals surface area contributed by atoms with E-state index in [2.05, 4.69) is 58.3 Å². The van der Waals surface area contributed by atoms with Gasteiger partial charge in [-0.05, 0) is 49.0 Å². The fraction of sp³-hybridized carbons (Fsp3) is 0.462. The Morgan fingerprint density at radius 1 is 1.33 bits per heavy atom. The smallest absolute Gasteiger partial charge is 0.221 e. The van der Waals surface area contributed by atoms with Gasteiger partial charge in [0.2, 0.25) is 6.41 Å². The average Bonchev–Trinajstić information content (AvgIpc) is 2.40. The van der Waals surface area contributed by atoms with E-state index in [1.807, 2.05) is 0 Å². The molecule has 5 heteroatoms. The van der Waals surface area contributed by atoms with Crippen LogP contribution in [0.4, 0.5) is 0 Å². The summed E-state index contributed by atoms with van der Waals surface area (Å²) in [5.74, 6) is 4.41. The molecule has 1 aromatic carbocycles. The van der Waals surface area contributed by atoms with E-state index in [-0.39, 0.29) is 0 Å². The van der Waals surface area contributed by atoms with Crippen LogP contribution in [0.1, 0.15) is 25.3 Å². The molecule has 1 aromatic rings. The van der Waals surface area contributed by atoms with Crippen LogP contribution in [0.15, 0.2) is 28.7 Å². The van der Waals surface area contributed by atoms with Crippen molar-refractivity contribution in [2.75, 3.05) is 13.1 Å². The second-order valence-electron chi connectivity index (χ2n) is 4.60. The van der Waals surface area contributed by atoms with Crippen molar-refractivity contribution in [2.24, 2.45) is 5.84 Å². The maximum atomic E-state index is 8.94. The number of carbonyl (C=O) groups excluding carboxylic acids is 1. The first-order valence-electron chi connectivity index (χ1n) is 5.99. The monoisotopic (exact) mass is 313 g/mol. The Hall–Kier alpha value is -0.910. The van der Waals surface area contributed by atoms with E-state index >= 15 is 0 Å². The van der Waals surface area contributed by atoms with Gasteiger partial charge >= 0.3 is 0 Å². The molecule has 1 aliphatic rings. The van der Waals surface area contributed by atoms with Crippen LogP contribution in [0.25, 0.3) is 0 Å². The van der Waals surface area contributed by atoms with Crippen molar-refractivity contribution < 1.29 is 4.79 Å². The topological polar surface area (TPSA) is 67.2 Å². The maximum Gasteiger partial charge on any atom is 0.221 e. The molecule has 2 rings (SSSR count). The molecule has 0 bridgehead atoms. The van der Waals surface area contributed by atoms with Crippen molar-refractivity contribution >= 4 is 22.3 Å². The van der Waals surface area contributed by atoms with E-state index in [0.717, 1.165) is 13.1 Å². The molecule has 4 nitrogen and oxygen atoms in total. The number of nitrogens with two attached hydrogens (primary N) is 1. The highest BCUT2D eigenvalue weighted by Gasteiger charge is 2.28. The first-order chi connectivity index (χ1) is 8.62. The second kappa shape index (κ2) is 7.51. The summed E-state index contributed by atoms with van der Waals surface area (Å²) in [6.45, 7) is 4.66. The van der Waals surface area contributed by atoms with Crippen molar-refractivity contribution in [1.29, 1.82) is 0 Å². The number of halogens is 1. The van der Waals surface area contributed by atoms with E-state index < -0.39 is 0 Å². The van der Waals surface area contributed by atoms with Crippen LogP contribution in [-0.4, -0.2) is 19.5 Å². The lowest BCUT2D eigenvalue weighted by atomic mass is 9.75. The normalized spacial score (nSPS) is 17.3. The first kappa shape index (κ1) is 15.1. The highest BCUT2D eigenvalue weighted by Crippen LogP contribution is 2.33. The molecule has 0 aliphatic carbocycles. The molecule has 1 fully saturated rings. The van der Waals surface area contributed by atoms with Crippen LogP contribution < -0.4 is 16.6 Å². The van der Waals surface area contributed by atoms with Crippen LogP contribution in [0.5, 0.6) is 0 Å². The van der Waals surface area contributed by atoms with Gasteiger partial charge in [0, 0.05) is 4.47 Å². The summed E-state index contributed by atoms with van der Waals surface area (Å²) in [6.07, 6.45) is 2.89. The predicted octanol–water partition coefficient (Wildman–Crippen LogP) is 1.70. The standard InChI is InChI=1S/C12H16BrN.CH4N2O/c1-12(6-8-14-9-7-12)10-2-4-11(13)5-3-10;2-3-1-4/h2-5,14H,6-9H2,1H3;1H,2H2,(H,3,4). The lowest BCUT2D eigenvalue weighted by Gasteiger charge is -2.34. The van der Waals surface area contributed by atoms with Crippen molar-refractivity contribution in [3.8, 4) is 0 Å². The number of hydrogen-bond acceptors (Lipinski definition) is 3. The molecule has 0 aromatic heterocycles. The minimum Gasteiger partial charge on any atom is -0.317 e. The zero-order valence-electron chi connectivity index (χ0n) is 10.6. The van der Waals surface area contributed by atoms with Crippen molar-refractivity contribution in [2.45, 2.75) is 25.2 Å². The van der Waals surface area contributed by atoms with E-state index in [1.54, 1.807) is 5.43 Å². The third-order valence-electron chi connectivity index (χ3n) is 3.32. The summed E-state index contributed by atoms with van der Waals surface area (Å²) in [5.41, 5.74) is 3.61. The number of rotatable bonds is 2. The summed E-state index contributed by atoms with van der Waals surface area (Å²) in [7, 11) is 0. The summed E-state index contributed by atoms with van der Waals surface area (Å²) >= 11 is 3.47. The molecule has 0 atom stereocenters. The first-order valence-corrected chi connectivity index (χ1v) is 6.78. The minimum absolute atomic E-state index is 0.381. The molecule has 0 radical (unpaired) electrons. The van der Waals surface area contributed by atoms with Gasteiger partial charge in [0.15, 0.2) is 0 Å². The van der Waals surface area contributed by atoms with Crippen molar-refractivity contribution in [3.63, 3.8) is 0 Å². The molecule has 1 aliphatic heterocycles. The number of amides is 1. The van der Waals surface area contributed by atoms with Gasteiger partial charge in [-0.1, -0.05) is 35.0 Å².